The van der Waals surface area contributed by atoms with Gasteiger partial charge in [0.2, 0.25) is 0 Å². The van der Waals surface area contributed by atoms with E-state index in [1.165, 1.54) is 0 Å². The first-order chi connectivity index (χ1) is 5.06. The molecule has 0 N–H and O–H groups in total. The third-order valence-corrected chi connectivity index (χ3v) is 6.66. The zero-order valence-electron chi connectivity index (χ0n) is 7.94. The van der Waals surface area contributed by atoms with E-state index in [0.717, 1.165) is 17.1 Å². The van der Waals surface area contributed by atoms with Gasteiger partial charge < -0.3 is 0 Å². The molecule has 0 aliphatic rings. The van der Waals surface area contributed by atoms with Gasteiger partial charge in [-0.25, -0.2) is 0 Å². The van der Waals surface area contributed by atoms with Gasteiger partial charge in [-0.1, -0.05) is 0 Å². The third-order valence-electron chi connectivity index (χ3n) is 1.61. The second-order valence-corrected chi connectivity index (χ2v) is 7.78. The fraction of sp³-hybridized carbons (Fsp3) is 0.750. The molecule has 2 nitrogen and oxygen atoms in total. The molecule has 3 heteroatoms. The quantitative estimate of drug-likeness (QED) is 0.626. The molecule has 11 heavy (non-hydrogen) atoms. The predicted octanol–water partition coefficient (Wildman–Crippen LogP) is 2.63. The van der Waals surface area contributed by atoms with Crippen molar-refractivity contribution in [2.24, 2.45) is 0 Å². The van der Waals surface area contributed by atoms with E-state index < -0.39 is 17.4 Å². The minimum absolute atomic E-state index is 0.726. The van der Waals surface area contributed by atoms with E-state index in [2.05, 4.69) is 11.8 Å². The zero-order chi connectivity index (χ0) is 8.91. The van der Waals surface area contributed by atoms with E-state index >= 15 is 0 Å². The molecule has 0 unspecified atom stereocenters. The Morgan fingerprint density at radius 3 is 1.82 bits per heavy atom. The molecule has 0 aromatic carbocycles. The Hall–Kier alpha value is 0.374. The van der Waals surface area contributed by atoms with Crippen molar-refractivity contribution in [2.45, 2.75) is 26.0 Å². The molecule has 0 aromatic heterocycles. The van der Waals surface area contributed by atoms with E-state index in [1.54, 1.807) is 0 Å². The summed E-state index contributed by atoms with van der Waals surface area (Å²) in [5.41, 5.74) is 0. The molecule has 0 saturated heterocycles. The van der Waals surface area contributed by atoms with Crippen LogP contribution in [0.15, 0.2) is 10.5 Å². The summed E-state index contributed by atoms with van der Waals surface area (Å²) in [4.78, 5) is 0. The molecule has 0 aliphatic carbocycles. The van der Waals surface area contributed by atoms with Crippen molar-refractivity contribution < 1.29 is 24.0 Å². The molecule has 0 aliphatic heterocycles. The molecule has 0 saturated carbocycles. The molecule has 0 rings (SSSR count). The first-order valence-corrected chi connectivity index (χ1v) is 7.62. The summed E-state index contributed by atoms with van der Waals surface area (Å²) in [6, 6.07) is 0. The van der Waals surface area contributed by atoms with Gasteiger partial charge in [-0.3, -0.25) is 0 Å². The summed E-state index contributed by atoms with van der Waals surface area (Å²) in [7, 11) is 0. The second-order valence-electron chi connectivity index (χ2n) is 2.59. The first-order valence-electron chi connectivity index (χ1n) is 4.00. The van der Waals surface area contributed by atoms with Crippen molar-refractivity contribution in [3.8, 4) is 0 Å². The minimum atomic E-state index is -2.52. The topological polar surface area (TPSA) is 18.5 Å². The Labute approximate surface area is 73.9 Å². The molecule has 0 amide bonds. The molecule has 0 aromatic rings. The van der Waals surface area contributed by atoms with Crippen LogP contribution in [0.5, 0.6) is 0 Å². The van der Waals surface area contributed by atoms with Crippen LogP contribution >= 0.6 is 0 Å². The van der Waals surface area contributed by atoms with Crippen LogP contribution in [0.1, 0.15) is 20.8 Å². The second kappa shape index (κ2) is 5.10. The molecular weight excluding hydrogens is 176 g/mol. The maximum atomic E-state index is 5.60. The van der Waals surface area contributed by atoms with E-state index in [9.17, 15) is 0 Å². The average Bonchev–Trinajstić information content (AvgIpc) is 1.88. The van der Waals surface area contributed by atoms with Crippen molar-refractivity contribution in [3.63, 3.8) is 0 Å². The summed E-state index contributed by atoms with van der Waals surface area (Å²) < 4.78 is 12.3. The monoisotopic (exact) mass is 194 g/mol. The van der Waals surface area contributed by atoms with Gasteiger partial charge in [0, 0.05) is 0 Å². The van der Waals surface area contributed by atoms with Crippen LogP contribution in [-0.4, -0.2) is 13.2 Å². The SMILES string of the molecule is C=[C](C)[Ti]([CH3])([O]CC)[O]CC. The Balaban J connectivity index is 4.13. The molecule has 0 fully saturated rings. The van der Waals surface area contributed by atoms with Crippen molar-refractivity contribution in [1.29, 1.82) is 0 Å². The van der Waals surface area contributed by atoms with Crippen molar-refractivity contribution >= 4 is 0 Å². The summed E-state index contributed by atoms with van der Waals surface area (Å²) in [5, 5.41) is 2.08. The standard InChI is InChI=1S/C3H5.2C2H5O.CH3.Ti/c1-3-2;2*1-2-3;;/h1H2,2H3;2*2H2,1H3;1H3;/q;2*-1;;+2. The summed E-state index contributed by atoms with van der Waals surface area (Å²) in [5.74, 6) is 0. The number of rotatable bonds is 5. The average molecular weight is 194 g/mol. The fourth-order valence-corrected chi connectivity index (χ4v) is 3.46. The third kappa shape index (κ3) is 3.52. The zero-order valence-corrected chi connectivity index (χ0v) is 9.50. The van der Waals surface area contributed by atoms with Gasteiger partial charge in [-0.15, -0.1) is 0 Å². The van der Waals surface area contributed by atoms with Gasteiger partial charge >= 0.3 is 73.7 Å². The van der Waals surface area contributed by atoms with Gasteiger partial charge in [0.25, 0.3) is 0 Å². The van der Waals surface area contributed by atoms with E-state index in [1.807, 2.05) is 20.8 Å². The number of hydrogen-bond donors (Lipinski definition) is 0. The van der Waals surface area contributed by atoms with Gasteiger partial charge in [0.1, 0.15) is 0 Å². The van der Waals surface area contributed by atoms with Gasteiger partial charge in [0.15, 0.2) is 0 Å². The Morgan fingerprint density at radius 1 is 1.27 bits per heavy atom. The summed E-state index contributed by atoms with van der Waals surface area (Å²) >= 11 is -2.52. The molecule has 66 valence electrons. The molecule has 0 heterocycles. The maximum absolute atomic E-state index is 5.60. The predicted molar refractivity (Wildman–Crippen MR) is 43.9 cm³/mol. The van der Waals surface area contributed by atoms with Gasteiger partial charge in [0.05, 0.1) is 0 Å². The summed E-state index contributed by atoms with van der Waals surface area (Å²) in [6.07, 6.45) is 0. The molecule has 0 atom stereocenters. The Bertz CT molecular complexity index is 128. The van der Waals surface area contributed by atoms with Crippen LogP contribution in [0.25, 0.3) is 0 Å². The van der Waals surface area contributed by atoms with Gasteiger partial charge in [-0.05, 0) is 0 Å². The molecular formula is C8H18O2Ti. The van der Waals surface area contributed by atoms with Crippen LogP contribution in [0.3, 0.4) is 0 Å². The van der Waals surface area contributed by atoms with Crippen LogP contribution in [0.2, 0.25) is 5.23 Å². The fourth-order valence-electron chi connectivity index (χ4n) is 0.839. The summed E-state index contributed by atoms with van der Waals surface area (Å²) in [6.45, 7) is 11.3. The Morgan fingerprint density at radius 2 is 1.64 bits per heavy atom. The van der Waals surface area contributed by atoms with E-state index in [-0.39, 0.29) is 0 Å². The van der Waals surface area contributed by atoms with Crippen molar-refractivity contribution in [2.75, 3.05) is 13.2 Å². The van der Waals surface area contributed by atoms with Crippen LogP contribution < -0.4 is 0 Å². The molecule has 0 spiro atoms. The van der Waals surface area contributed by atoms with Crippen molar-refractivity contribution in [1.82, 2.24) is 0 Å². The van der Waals surface area contributed by atoms with E-state index in [4.69, 9.17) is 6.64 Å². The number of hydrogen-bond acceptors (Lipinski definition) is 2. The van der Waals surface area contributed by atoms with Crippen LogP contribution in [0.4, 0.5) is 0 Å². The molecule has 0 radical (unpaired) electrons. The normalized spacial score (nSPS) is 11.6. The van der Waals surface area contributed by atoms with Gasteiger partial charge in [-0.2, -0.15) is 0 Å². The van der Waals surface area contributed by atoms with Crippen LogP contribution in [0, 0.1) is 0 Å². The Kier molecular flexibility index (Phi) is 5.27. The van der Waals surface area contributed by atoms with E-state index in [0.29, 0.717) is 0 Å². The molecule has 0 bridgehead atoms. The first kappa shape index (κ1) is 11.4. The van der Waals surface area contributed by atoms with Crippen LogP contribution in [-0.2, 0) is 24.0 Å². The van der Waals surface area contributed by atoms with Crippen molar-refractivity contribution in [3.05, 3.63) is 10.5 Å². The number of allylic oxidation sites excluding steroid dienone is 1.